The maximum absolute atomic E-state index is 15.0. The second-order valence-corrected chi connectivity index (χ2v) is 9.67. The lowest BCUT2D eigenvalue weighted by Gasteiger charge is -2.32. The molecule has 35 heavy (non-hydrogen) atoms. The van der Waals surface area contributed by atoms with Gasteiger partial charge >= 0.3 is 12.2 Å². The summed E-state index contributed by atoms with van der Waals surface area (Å²) in [5.74, 6) is -1.29. The van der Waals surface area contributed by atoms with E-state index < -0.39 is 47.5 Å². The molecule has 0 saturated carbocycles. The van der Waals surface area contributed by atoms with Gasteiger partial charge in [-0.25, -0.2) is 8.78 Å². The van der Waals surface area contributed by atoms with Crippen molar-refractivity contribution < 1.29 is 36.5 Å². The minimum Gasteiger partial charge on any atom is -0.475 e. The molecular weight excluding hydrogens is 501 g/mol. The molecular formula is C21H23ClF5N5O3. The highest BCUT2D eigenvalue weighted by Crippen LogP contribution is 2.42. The number of ether oxygens (including phenoxy) is 2. The van der Waals surface area contributed by atoms with E-state index in [1.807, 2.05) is 4.90 Å². The lowest BCUT2D eigenvalue weighted by molar-refractivity contribution is -0.200. The number of aliphatic hydroxyl groups is 1. The van der Waals surface area contributed by atoms with Crippen molar-refractivity contribution >= 4 is 28.3 Å². The maximum atomic E-state index is 15.0. The molecule has 14 heteroatoms. The van der Waals surface area contributed by atoms with Gasteiger partial charge in [-0.2, -0.15) is 28.1 Å². The Balaban J connectivity index is 1.57. The minimum atomic E-state index is -4.89. The van der Waals surface area contributed by atoms with Gasteiger partial charge in [0.05, 0.1) is 18.1 Å². The second kappa shape index (κ2) is 8.70. The van der Waals surface area contributed by atoms with Crippen LogP contribution in [0.25, 0.3) is 10.9 Å². The molecule has 0 amide bonds. The Morgan fingerprint density at radius 2 is 2.09 bits per heavy atom. The Morgan fingerprint density at radius 1 is 1.31 bits per heavy atom. The van der Waals surface area contributed by atoms with E-state index >= 15 is 4.39 Å². The highest BCUT2D eigenvalue weighted by molar-refractivity contribution is 6.30. The molecule has 0 aliphatic carbocycles. The van der Waals surface area contributed by atoms with Gasteiger partial charge in [-0.1, -0.05) is 11.6 Å². The number of alkyl halides is 4. The van der Waals surface area contributed by atoms with E-state index in [0.29, 0.717) is 13.0 Å². The fraction of sp³-hybridized carbons (Fsp3) is 0.667. The topological polar surface area (TPSA) is 83.8 Å². The van der Waals surface area contributed by atoms with Crippen molar-refractivity contribution in [2.45, 2.75) is 56.2 Å². The number of halogens is 6. The Bertz CT molecular complexity index is 1140. The van der Waals surface area contributed by atoms with Crippen LogP contribution in [0, 0.1) is 5.82 Å². The van der Waals surface area contributed by atoms with Crippen LogP contribution in [0.15, 0.2) is 0 Å². The third kappa shape index (κ3) is 4.31. The number of fused-ring (bicyclic) bond motifs is 1. The molecule has 3 aliphatic heterocycles. The zero-order valence-electron chi connectivity index (χ0n) is 18.7. The Labute approximate surface area is 202 Å². The Morgan fingerprint density at radius 3 is 2.83 bits per heavy atom. The summed E-state index contributed by atoms with van der Waals surface area (Å²) in [4.78, 5) is 15.4. The van der Waals surface area contributed by atoms with E-state index in [1.165, 1.54) is 0 Å². The molecule has 3 aliphatic rings. The lowest BCUT2D eigenvalue weighted by Crippen LogP contribution is -2.46. The van der Waals surface area contributed by atoms with Crippen LogP contribution in [0.5, 0.6) is 11.9 Å². The molecule has 0 aromatic carbocycles. The van der Waals surface area contributed by atoms with Gasteiger partial charge in [0.25, 0.3) is 0 Å². The molecule has 2 saturated heterocycles. The van der Waals surface area contributed by atoms with Crippen molar-refractivity contribution in [3.8, 4) is 11.9 Å². The van der Waals surface area contributed by atoms with Crippen molar-refractivity contribution in [3.63, 3.8) is 0 Å². The molecule has 4 atom stereocenters. The molecule has 2 fully saturated rings. The predicted octanol–water partition coefficient (Wildman–Crippen LogP) is 3.28. The standard InChI is InChI=1S/C21H23ClF5N5O3/c1-10-8-34-18-13-15(14(24)16(22)29-18)28-19(30-17(13)32(10)7-12(33)21(25,26)27)35-9-20-3-2-4-31(20)6-11(23)5-20/h10-12,33H,2-9H2,1H3/t10-,11+,12?,20-/m0/s1. The molecule has 5 rings (SSSR count). The van der Waals surface area contributed by atoms with Gasteiger partial charge in [0.15, 0.2) is 17.1 Å². The van der Waals surface area contributed by atoms with Crippen molar-refractivity contribution in [2.75, 3.05) is 37.7 Å². The quantitative estimate of drug-likeness (QED) is 0.472. The van der Waals surface area contributed by atoms with Gasteiger partial charge in [0.1, 0.15) is 36.1 Å². The lowest BCUT2D eigenvalue weighted by atomic mass is 9.95. The van der Waals surface area contributed by atoms with Crippen LogP contribution < -0.4 is 14.4 Å². The summed E-state index contributed by atoms with van der Waals surface area (Å²) in [5, 5.41) is 9.15. The van der Waals surface area contributed by atoms with Crippen LogP contribution in [-0.2, 0) is 0 Å². The highest BCUT2D eigenvalue weighted by atomic mass is 35.5. The minimum absolute atomic E-state index is 0.0306. The summed E-state index contributed by atoms with van der Waals surface area (Å²) in [6.45, 7) is 1.61. The second-order valence-electron chi connectivity index (χ2n) is 9.31. The molecule has 2 aromatic heterocycles. The van der Waals surface area contributed by atoms with Crippen molar-refractivity contribution in [3.05, 3.63) is 11.0 Å². The molecule has 8 nitrogen and oxygen atoms in total. The average Bonchev–Trinajstić information content (AvgIpc) is 3.27. The first kappa shape index (κ1) is 24.4. The molecule has 0 spiro atoms. The molecule has 1 N–H and O–H groups in total. The Kier molecular flexibility index (Phi) is 6.07. The number of hydrogen-bond donors (Lipinski definition) is 1. The van der Waals surface area contributed by atoms with Gasteiger partial charge < -0.3 is 19.5 Å². The summed E-state index contributed by atoms with van der Waals surface area (Å²) in [7, 11) is 0. The van der Waals surface area contributed by atoms with Gasteiger partial charge in [-0.05, 0) is 26.3 Å². The highest BCUT2D eigenvalue weighted by Gasteiger charge is 2.49. The number of aromatic nitrogens is 3. The zero-order valence-corrected chi connectivity index (χ0v) is 19.4. The van der Waals surface area contributed by atoms with Crippen molar-refractivity contribution in [2.24, 2.45) is 0 Å². The van der Waals surface area contributed by atoms with Gasteiger partial charge in [-0.3, -0.25) is 4.90 Å². The summed E-state index contributed by atoms with van der Waals surface area (Å²) < 4.78 is 80.1. The smallest absolute Gasteiger partial charge is 0.416 e. The average molecular weight is 524 g/mol. The van der Waals surface area contributed by atoms with Gasteiger partial charge in [0.2, 0.25) is 5.88 Å². The summed E-state index contributed by atoms with van der Waals surface area (Å²) in [6.07, 6.45) is -6.73. The normalized spacial score (nSPS) is 27.6. The van der Waals surface area contributed by atoms with E-state index in [-0.39, 0.29) is 48.2 Å². The Hall–Kier alpha value is -2.25. The number of pyridine rings is 1. The van der Waals surface area contributed by atoms with Crippen LogP contribution in [-0.4, -0.2) is 87.8 Å². The van der Waals surface area contributed by atoms with Gasteiger partial charge in [0, 0.05) is 13.0 Å². The number of hydrogen-bond acceptors (Lipinski definition) is 8. The number of β-amino-alcohol motifs (C(OH)–C–C–N with tert-alkyl or cyclic N) is 1. The molecule has 1 unspecified atom stereocenters. The number of aliphatic hydroxyl groups excluding tert-OH is 1. The molecule has 2 aromatic rings. The summed E-state index contributed by atoms with van der Waals surface area (Å²) in [6, 6.07) is -1.01. The molecule has 192 valence electrons. The maximum Gasteiger partial charge on any atom is 0.416 e. The summed E-state index contributed by atoms with van der Waals surface area (Å²) >= 11 is 5.92. The van der Waals surface area contributed by atoms with E-state index in [0.717, 1.165) is 17.9 Å². The van der Waals surface area contributed by atoms with Crippen molar-refractivity contribution in [1.29, 1.82) is 0 Å². The van der Waals surface area contributed by atoms with E-state index in [2.05, 4.69) is 15.0 Å². The van der Waals surface area contributed by atoms with Crippen LogP contribution in [0.3, 0.4) is 0 Å². The predicted molar refractivity (Wildman–Crippen MR) is 115 cm³/mol. The van der Waals surface area contributed by atoms with Crippen LogP contribution in [0.4, 0.5) is 27.8 Å². The number of nitrogens with zero attached hydrogens (tertiary/aromatic N) is 5. The third-order valence-electron chi connectivity index (χ3n) is 6.92. The van der Waals surface area contributed by atoms with Gasteiger partial charge in [-0.15, -0.1) is 0 Å². The van der Waals surface area contributed by atoms with E-state index in [9.17, 15) is 22.7 Å². The van der Waals surface area contributed by atoms with E-state index in [4.69, 9.17) is 21.1 Å². The van der Waals surface area contributed by atoms with Crippen LogP contribution in [0.1, 0.15) is 26.2 Å². The largest absolute Gasteiger partial charge is 0.475 e. The fourth-order valence-corrected chi connectivity index (χ4v) is 5.32. The number of rotatable bonds is 5. The van der Waals surface area contributed by atoms with Crippen molar-refractivity contribution in [1.82, 2.24) is 19.9 Å². The first-order valence-electron chi connectivity index (χ1n) is 11.2. The number of anilines is 1. The third-order valence-corrected chi connectivity index (χ3v) is 7.17. The van der Waals surface area contributed by atoms with E-state index in [1.54, 1.807) is 6.92 Å². The molecule has 0 radical (unpaired) electrons. The molecule has 5 heterocycles. The monoisotopic (exact) mass is 523 g/mol. The SMILES string of the molecule is C[C@H]1COc2nc(Cl)c(F)c3nc(OC[C@@]45CCCN4C[C@H](F)C5)nc(c23)N1CC(O)C(F)(F)F. The first-order valence-corrected chi connectivity index (χ1v) is 11.6. The van der Waals surface area contributed by atoms with Crippen LogP contribution in [0.2, 0.25) is 5.15 Å². The summed E-state index contributed by atoms with van der Waals surface area (Å²) in [5.41, 5.74) is -0.884. The van der Waals surface area contributed by atoms with Crippen LogP contribution >= 0.6 is 11.6 Å². The fourth-order valence-electron chi connectivity index (χ4n) is 5.16. The first-order chi connectivity index (χ1) is 16.5. The molecule has 0 bridgehead atoms. The zero-order chi connectivity index (χ0) is 25.1.